The van der Waals surface area contributed by atoms with Crippen LogP contribution in [0.3, 0.4) is 0 Å². The Bertz CT molecular complexity index is 1150. The zero-order chi connectivity index (χ0) is 26.3. The Kier molecular flexibility index (Phi) is 9.10. The van der Waals surface area contributed by atoms with E-state index in [1.165, 1.54) is 29.2 Å². The van der Waals surface area contributed by atoms with Gasteiger partial charge in [-0.25, -0.2) is 19.2 Å². The SMILES string of the molecule is CCCCN(CCCC)c1c(C(=O)O)c(C(=O)O)c(C(=O)O)c(C(=O)O)c1C(=O)c1ccccc1. The summed E-state index contributed by atoms with van der Waals surface area (Å²) in [5.41, 5.74) is -5.47. The van der Waals surface area contributed by atoms with Crippen LogP contribution in [0.2, 0.25) is 0 Å². The van der Waals surface area contributed by atoms with Gasteiger partial charge in [0.1, 0.15) is 0 Å². The highest BCUT2D eigenvalue weighted by molar-refractivity contribution is 6.25. The molecule has 0 unspecified atom stereocenters. The normalized spacial score (nSPS) is 10.6. The lowest BCUT2D eigenvalue weighted by molar-refractivity contribution is 0.0618. The van der Waals surface area contributed by atoms with Crippen molar-refractivity contribution in [2.45, 2.75) is 39.5 Å². The molecule has 0 spiro atoms. The van der Waals surface area contributed by atoms with Crippen LogP contribution in [0.5, 0.6) is 0 Å². The summed E-state index contributed by atoms with van der Waals surface area (Å²) in [6.07, 6.45) is 2.43. The Morgan fingerprint density at radius 3 is 1.43 bits per heavy atom. The zero-order valence-corrected chi connectivity index (χ0v) is 19.4. The van der Waals surface area contributed by atoms with Crippen LogP contribution in [0.1, 0.15) is 96.9 Å². The zero-order valence-electron chi connectivity index (χ0n) is 19.4. The average molecular weight is 485 g/mol. The Morgan fingerprint density at radius 2 is 1.03 bits per heavy atom. The molecule has 2 rings (SSSR count). The molecule has 0 aliphatic rings. The van der Waals surface area contributed by atoms with Gasteiger partial charge in [-0.3, -0.25) is 4.79 Å². The van der Waals surface area contributed by atoms with Crippen molar-refractivity contribution in [3.8, 4) is 0 Å². The van der Waals surface area contributed by atoms with E-state index in [4.69, 9.17) is 0 Å². The molecule has 10 heteroatoms. The van der Waals surface area contributed by atoms with Gasteiger partial charge >= 0.3 is 23.9 Å². The van der Waals surface area contributed by atoms with Crippen LogP contribution >= 0.6 is 0 Å². The van der Waals surface area contributed by atoms with E-state index in [1.54, 1.807) is 6.07 Å². The van der Waals surface area contributed by atoms with E-state index in [-0.39, 0.29) is 18.7 Å². The number of carboxylic acid groups (broad SMARTS) is 4. The Morgan fingerprint density at radius 1 is 0.629 bits per heavy atom. The third-order valence-corrected chi connectivity index (χ3v) is 5.47. The molecule has 35 heavy (non-hydrogen) atoms. The van der Waals surface area contributed by atoms with Gasteiger partial charge in [0.2, 0.25) is 0 Å². The number of hydrogen-bond acceptors (Lipinski definition) is 6. The van der Waals surface area contributed by atoms with Crippen LogP contribution < -0.4 is 4.90 Å². The van der Waals surface area contributed by atoms with Gasteiger partial charge in [-0.1, -0.05) is 57.0 Å². The number of benzene rings is 2. The highest BCUT2D eigenvalue weighted by Gasteiger charge is 2.40. The summed E-state index contributed by atoms with van der Waals surface area (Å²) in [5, 5.41) is 39.7. The van der Waals surface area contributed by atoms with Gasteiger partial charge in [0.05, 0.1) is 33.5 Å². The van der Waals surface area contributed by atoms with E-state index >= 15 is 0 Å². The summed E-state index contributed by atoms with van der Waals surface area (Å²) in [6, 6.07) is 7.41. The van der Waals surface area contributed by atoms with Gasteiger partial charge in [0.15, 0.2) is 5.78 Å². The van der Waals surface area contributed by atoms with E-state index in [2.05, 4.69) is 0 Å². The first kappa shape index (κ1) is 27.0. The average Bonchev–Trinajstić information content (AvgIpc) is 2.82. The maximum Gasteiger partial charge on any atom is 0.338 e. The lowest BCUT2D eigenvalue weighted by Crippen LogP contribution is -2.33. The molecule has 0 amide bonds. The van der Waals surface area contributed by atoms with Crippen molar-refractivity contribution in [3.05, 3.63) is 63.7 Å². The van der Waals surface area contributed by atoms with Crippen molar-refractivity contribution in [1.29, 1.82) is 0 Å². The van der Waals surface area contributed by atoms with Crippen molar-refractivity contribution >= 4 is 35.3 Å². The Balaban J connectivity index is 3.21. The molecule has 0 aromatic heterocycles. The second kappa shape index (κ2) is 11.8. The molecule has 0 bridgehead atoms. The van der Waals surface area contributed by atoms with Gasteiger partial charge in [-0.15, -0.1) is 0 Å². The minimum absolute atomic E-state index is 0.00191. The van der Waals surface area contributed by atoms with Crippen LogP contribution in [0.25, 0.3) is 0 Å². The van der Waals surface area contributed by atoms with E-state index in [1.807, 2.05) is 13.8 Å². The van der Waals surface area contributed by atoms with Gasteiger partial charge < -0.3 is 25.3 Å². The molecule has 0 atom stereocenters. The van der Waals surface area contributed by atoms with E-state index in [0.717, 1.165) is 0 Å². The van der Waals surface area contributed by atoms with Crippen LogP contribution in [-0.2, 0) is 0 Å². The van der Waals surface area contributed by atoms with E-state index in [9.17, 15) is 44.4 Å². The number of hydrogen-bond donors (Lipinski definition) is 4. The van der Waals surface area contributed by atoms with Gasteiger partial charge in [0.25, 0.3) is 0 Å². The Hall–Kier alpha value is -4.21. The molecule has 0 fully saturated rings. The maximum atomic E-state index is 13.7. The molecule has 4 N–H and O–H groups in total. The smallest absolute Gasteiger partial charge is 0.338 e. The monoisotopic (exact) mass is 485 g/mol. The molecule has 0 aliphatic carbocycles. The number of carbonyl (C=O) groups excluding carboxylic acids is 1. The fraction of sp³-hybridized carbons (Fsp3) is 0.320. The molecule has 0 aliphatic heterocycles. The lowest BCUT2D eigenvalue weighted by Gasteiger charge is -2.30. The van der Waals surface area contributed by atoms with Crippen molar-refractivity contribution in [3.63, 3.8) is 0 Å². The second-order valence-corrected chi connectivity index (χ2v) is 7.83. The minimum atomic E-state index is -1.97. The van der Waals surface area contributed by atoms with Crippen molar-refractivity contribution in [2.24, 2.45) is 0 Å². The number of carbonyl (C=O) groups is 5. The first-order valence-corrected chi connectivity index (χ1v) is 11.1. The topological polar surface area (TPSA) is 170 Å². The summed E-state index contributed by atoms with van der Waals surface area (Å²) >= 11 is 0. The highest BCUT2D eigenvalue weighted by Crippen LogP contribution is 2.38. The summed E-state index contributed by atoms with van der Waals surface area (Å²) in [7, 11) is 0. The minimum Gasteiger partial charge on any atom is -0.478 e. The molecule has 2 aromatic carbocycles. The predicted molar refractivity (Wildman–Crippen MR) is 126 cm³/mol. The molecule has 0 saturated carbocycles. The molecule has 0 heterocycles. The number of aromatic carboxylic acids is 4. The maximum absolute atomic E-state index is 13.7. The third-order valence-electron chi connectivity index (χ3n) is 5.47. The van der Waals surface area contributed by atoms with Crippen molar-refractivity contribution in [1.82, 2.24) is 0 Å². The van der Waals surface area contributed by atoms with Crippen molar-refractivity contribution < 1.29 is 44.4 Å². The quantitative estimate of drug-likeness (QED) is 0.303. The fourth-order valence-electron chi connectivity index (χ4n) is 3.89. The molecule has 0 radical (unpaired) electrons. The third kappa shape index (κ3) is 5.65. The number of nitrogens with zero attached hydrogens (tertiary/aromatic N) is 1. The number of rotatable bonds is 13. The summed E-state index contributed by atoms with van der Waals surface area (Å²) in [4.78, 5) is 64.2. The summed E-state index contributed by atoms with van der Waals surface area (Å²) in [5.74, 6) is -8.44. The largest absolute Gasteiger partial charge is 0.478 e. The Labute approximate surface area is 201 Å². The standard InChI is InChI=1S/C25H27NO9/c1-3-5-12-26(13-6-4-2)20-18(21(27)14-10-8-7-9-11-14)16(23(30)31)15(22(28)29)17(24(32)33)19(20)25(34)35/h7-11H,3-6,12-13H2,1-2H3,(H,28,29)(H,30,31)(H,32,33)(H,34,35). The van der Waals surface area contributed by atoms with E-state index in [0.29, 0.717) is 25.7 Å². The predicted octanol–water partition coefficient (Wildman–Crippen LogP) is 4.12. The molecule has 10 nitrogen and oxygen atoms in total. The van der Waals surface area contributed by atoms with Crippen LogP contribution in [-0.4, -0.2) is 63.2 Å². The first-order chi connectivity index (χ1) is 16.6. The van der Waals surface area contributed by atoms with Crippen LogP contribution in [0, 0.1) is 0 Å². The second-order valence-electron chi connectivity index (χ2n) is 7.83. The summed E-state index contributed by atoms with van der Waals surface area (Å²) in [6.45, 7) is 4.17. The first-order valence-electron chi connectivity index (χ1n) is 11.1. The highest BCUT2D eigenvalue weighted by atomic mass is 16.4. The number of anilines is 1. The number of carboxylic acids is 4. The van der Waals surface area contributed by atoms with Crippen molar-refractivity contribution in [2.75, 3.05) is 18.0 Å². The summed E-state index contributed by atoms with van der Waals surface area (Å²) < 4.78 is 0. The molecular weight excluding hydrogens is 458 g/mol. The van der Waals surface area contributed by atoms with Crippen LogP contribution in [0.4, 0.5) is 5.69 Å². The molecule has 2 aromatic rings. The van der Waals surface area contributed by atoms with E-state index < -0.39 is 63.2 Å². The lowest BCUT2D eigenvalue weighted by atomic mass is 9.85. The van der Waals surface area contributed by atoms with Gasteiger partial charge in [0, 0.05) is 18.7 Å². The van der Waals surface area contributed by atoms with Crippen LogP contribution in [0.15, 0.2) is 30.3 Å². The molecule has 186 valence electrons. The molecular formula is C25H27NO9. The number of ketones is 1. The van der Waals surface area contributed by atoms with Gasteiger partial charge in [-0.2, -0.15) is 0 Å². The van der Waals surface area contributed by atoms with Gasteiger partial charge in [-0.05, 0) is 12.8 Å². The molecule has 0 saturated heterocycles. The fourth-order valence-corrected chi connectivity index (χ4v) is 3.89. The number of unbranched alkanes of at least 4 members (excludes halogenated alkanes) is 2.